The van der Waals surface area contributed by atoms with Crippen molar-refractivity contribution in [2.75, 3.05) is 10.2 Å². The quantitative estimate of drug-likeness (QED) is 0.565. The van der Waals surface area contributed by atoms with E-state index < -0.39 is 6.04 Å². The number of nitrogens with one attached hydrogen (secondary N) is 2. The molecule has 5 heteroatoms. The molecule has 158 valence electrons. The van der Waals surface area contributed by atoms with E-state index in [1.165, 1.54) is 0 Å². The number of carbonyl (C=O) groups excluding carboxylic acids is 2. The predicted molar refractivity (Wildman–Crippen MR) is 124 cm³/mol. The number of allylic oxidation sites excluding steroid dienone is 1. The third-order valence-electron chi connectivity index (χ3n) is 6.39. The fourth-order valence-corrected chi connectivity index (χ4v) is 5.05. The fourth-order valence-electron chi connectivity index (χ4n) is 5.05. The van der Waals surface area contributed by atoms with Gasteiger partial charge in [0.2, 0.25) is 5.91 Å². The van der Waals surface area contributed by atoms with Crippen LogP contribution >= 0.6 is 0 Å². The van der Waals surface area contributed by atoms with Gasteiger partial charge in [-0.3, -0.25) is 14.5 Å². The number of hydrogen-bond donors (Lipinski definition) is 2. The minimum atomic E-state index is -0.474. The number of carbonyl (C=O) groups is 2. The maximum absolute atomic E-state index is 13.6. The summed E-state index contributed by atoms with van der Waals surface area (Å²) < 4.78 is 0. The Labute approximate surface area is 182 Å². The van der Waals surface area contributed by atoms with Gasteiger partial charge in [-0.05, 0) is 30.0 Å². The molecule has 2 heterocycles. The Morgan fingerprint density at radius 2 is 1.84 bits per heavy atom. The first-order valence-electron chi connectivity index (χ1n) is 10.9. The van der Waals surface area contributed by atoms with Crippen molar-refractivity contribution in [3.63, 3.8) is 0 Å². The van der Waals surface area contributed by atoms with Gasteiger partial charge in [-0.1, -0.05) is 51.1 Å². The van der Waals surface area contributed by atoms with Crippen molar-refractivity contribution in [1.82, 2.24) is 4.98 Å². The Morgan fingerprint density at radius 3 is 2.65 bits per heavy atom. The number of anilines is 2. The molecule has 5 nitrogen and oxygen atoms in total. The van der Waals surface area contributed by atoms with E-state index in [4.69, 9.17) is 0 Å². The average Bonchev–Trinajstić information content (AvgIpc) is 3.10. The third kappa shape index (κ3) is 3.16. The summed E-state index contributed by atoms with van der Waals surface area (Å²) in [6.07, 6.45) is 3.54. The lowest BCUT2D eigenvalue weighted by molar-refractivity contribution is -0.119. The van der Waals surface area contributed by atoms with Gasteiger partial charge >= 0.3 is 0 Å². The standard InChI is InChI=1S/C26H27N3O2/c1-4-23(31)29-21-12-8-7-11-19(21)28-20-13-26(2,3)14-22(30)24(20)25(29)17-15-27-18-10-6-5-9-16(17)18/h5-12,15,25,27-28H,4,13-14H2,1-3H3/t25-/m1/s1. The largest absolute Gasteiger partial charge is 0.361 e. The molecule has 1 atom stereocenters. The molecule has 0 saturated heterocycles. The van der Waals surface area contributed by atoms with Gasteiger partial charge < -0.3 is 10.3 Å². The van der Waals surface area contributed by atoms with E-state index in [0.29, 0.717) is 18.4 Å². The number of amides is 1. The summed E-state index contributed by atoms with van der Waals surface area (Å²) in [5, 5.41) is 4.58. The molecule has 31 heavy (non-hydrogen) atoms. The highest BCUT2D eigenvalue weighted by atomic mass is 16.2. The molecule has 1 aliphatic carbocycles. The molecule has 3 aromatic rings. The fraction of sp³-hybridized carbons (Fsp3) is 0.308. The zero-order valence-corrected chi connectivity index (χ0v) is 18.2. The molecule has 1 aliphatic heterocycles. The van der Waals surface area contributed by atoms with Crippen molar-refractivity contribution >= 4 is 34.0 Å². The van der Waals surface area contributed by atoms with Gasteiger partial charge in [-0.25, -0.2) is 0 Å². The highest BCUT2D eigenvalue weighted by molar-refractivity contribution is 6.07. The lowest BCUT2D eigenvalue weighted by atomic mass is 9.73. The molecule has 5 rings (SSSR count). The molecule has 2 aliphatic rings. The molecule has 2 aromatic carbocycles. The van der Waals surface area contributed by atoms with Crippen LogP contribution < -0.4 is 10.2 Å². The average molecular weight is 414 g/mol. The molecular weight excluding hydrogens is 386 g/mol. The van der Waals surface area contributed by atoms with E-state index in [-0.39, 0.29) is 17.1 Å². The maximum atomic E-state index is 13.6. The van der Waals surface area contributed by atoms with Crippen LogP contribution in [0.15, 0.2) is 66.0 Å². The number of fused-ring (bicyclic) bond motifs is 2. The van der Waals surface area contributed by atoms with Crippen molar-refractivity contribution in [3.05, 3.63) is 71.6 Å². The summed E-state index contributed by atoms with van der Waals surface area (Å²) in [4.78, 5) is 32.2. The lowest BCUT2D eigenvalue weighted by Crippen LogP contribution is -2.39. The molecule has 0 radical (unpaired) electrons. The van der Waals surface area contributed by atoms with E-state index >= 15 is 0 Å². The maximum Gasteiger partial charge on any atom is 0.227 e. The number of rotatable bonds is 2. The van der Waals surface area contributed by atoms with Crippen molar-refractivity contribution in [2.24, 2.45) is 5.41 Å². The highest BCUT2D eigenvalue weighted by Gasteiger charge is 2.43. The van der Waals surface area contributed by atoms with Crippen LogP contribution in [-0.4, -0.2) is 16.7 Å². The minimum Gasteiger partial charge on any atom is -0.361 e. The number of hydrogen-bond acceptors (Lipinski definition) is 3. The summed E-state index contributed by atoms with van der Waals surface area (Å²) in [5.41, 5.74) is 5.13. The smallest absolute Gasteiger partial charge is 0.227 e. The number of benzene rings is 2. The molecule has 0 unspecified atom stereocenters. The van der Waals surface area contributed by atoms with E-state index in [2.05, 4.69) is 30.2 Å². The molecule has 0 bridgehead atoms. The number of Topliss-reactive ketones (excluding diaryl/α,β-unsaturated/α-hetero) is 1. The summed E-state index contributed by atoms with van der Waals surface area (Å²) in [6.45, 7) is 6.13. The van der Waals surface area contributed by atoms with E-state index in [0.717, 1.165) is 40.0 Å². The number of ketones is 1. The predicted octanol–water partition coefficient (Wildman–Crippen LogP) is 5.72. The van der Waals surface area contributed by atoms with Crippen molar-refractivity contribution < 1.29 is 9.59 Å². The summed E-state index contributed by atoms with van der Waals surface area (Å²) in [7, 11) is 0. The summed E-state index contributed by atoms with van der Waals surface area (Å²) >= 11 is 0. The molecule has 0 saturated carbocycles. The first kappa shape index (κ1) is 19.6. The second-order valence-corrected chi connectivity index (χ2v) is 9.28. The van der Waals surface area contributed by atoms with Crippen LogP contribution in [0.25, 0.3) is 10.9 Å². The Hall–Kier alpha value is -3.34. The molecular formula is C26H27N3O2. The number of aromatic nitrogens is 1. The molecule has 0 fully saturated rings. The van der Waals surface area contributed by atoms with Gasteiger partial charge in [0, 0.05) is 46.8 Å². The van der Waals surface area contributed by atoms with Gasteiger partial charge in [0.25, 0.3) is 0 Å². The van der Waals surface area contributed by atoms with Crippen LogP contribution in [0.3, 0.4) is 0 Å². The van der Waals surface area contributed by atoms with Crippen LogP contribution in [0.5, 0.6) is 0 Å². The number of H-pyrrole nitrogens is 1. The monoisotopic (exact) mass is 413 g/mol. The van der Waals surface area contributed by atoms with Crippen LogP contribution in [0.1, 0.15) is 51.6 Å². The van der Waals surface area contributed by atoms with Crippen molar-refractivity contribution in [1.29, 1.82) is 0 Å². The third-order valence-corrected chi connectivity index (χ3v) is 6.39. The Kier molecular flexibility index (Phi) is 4.50. The Balaban J connectivity index is 1.84. The first-order chi connectivity index (χ1) is 14.9. The minimum absolute atomic E-state index is 0.00378. The van der Waals surface area contributed by atoms with Crippen LogP contribution in [-0.2, 0) is 9.59 Å². The molecule has 1 aromatic heterocycles. The van der Waals surface area contributed by atoms with Crippen LogP contribution in [0, 0.1) is 5.41 Å². The topological polar surface area (TPSA) is 65.2 Å². The molecule has 2 N–H and O–H groups in total. The second kappa shape index (κ2) is 7.12. The van der Waals surface area contributed by atoms with Gasteiger partial charge in [0.1, 0.15) is 0 Å². The van der Waals surface area contributed by atoms with Gasteiger partial charge in [-0.2, -0.15) is 0 Å². The van der Waals surface area contributed by atoms with E-state index in [1.54, 1.807) is 0 Å². The number of aromatic amines is 1. The van der Waals surface area contributed by atoms with E-state index in [9.17, 15) is 9.59 Å². The summed E-state index contributed by atoms with van der Waals surface area (Å²) in [5.74, 6) is 0.103. The normalized spacial score (nSPS) is 20.2. The molecule has 0 spiro atoms. The van der Waals surface area contributed by atoms with Gasteiger partial charge in [-0.15, -0.1) is 0 Å². The van der Waals surface area contributed by atoms with Crippen molar-refractivity contribution in [2.45, 2.75) is 46.1 Å². The van der Waals surface area contributed by atoms with Crippen LogP contribution in [0.2, 0.25) is 0 Å². The SMILES string of the molecule is CCC(=O)N1c2ccccc2NC2=C(C(=O)CC(C)(C)C2)[C@H]1c1c[nH]c2ccccc12. The number of para-hydroxylation sites is 3. The lowest BCUT2D eigenvalue weighted by Gasteiger charge is -2.36. The Bertz CT molecular complexity index is 1230. The number of nitrogens with zero attached hydrogens (tertiary/aromatic N) is 1. The van der Waals surface area contributed by atoms with Crippen LogP contribution in [0.4, 0.5) is 11.4 Å². The van der Waals surface area contributed by atoms with Crippen molar-refractivity contribution in [3.8, 4) is 0 Å². The zero-order valence-electron chi connectivity index (χ0n) is 18.2. The van der Waals surface area contributed by atoms with Gasteiger partial charge in [0.15, 0.2) is 5.78 Å². The summed E-state index contributed by atoms with van der Waals surface area (Å²) in [6, 6.07) is 15.4. The van der Waals surface area contributed by atoms with Gasteiger partial charge in [0.05, 0.1) is 17.4 Å². The zero-order chi connectivity index (χ0) is 21.8. The first-order valence-corrected chi connectivity index (χ1v) is 10.9. The van der Waals surface area contributed by atoms with E-state index in [1.807, 2.05) is 60.5 Å². The highest BCUT2D eigenvalue weighted by Crippen LogP contribution is 2.49. The second-order valence-electron chi connectivity index (χ2n) is 9.28. The Morgan fingerprint density at radius 1 is 1.10 bits per heavy atom. The molecule has 1 amide bonds.